The lowest BCUT2D eigenvalue weighted by molar-refractivity contribution is 0.0593. The third-order valence-electron chi connectivity index (χ3n) is 2.96. The summed E-state index contributed by atoms with van der Waals surface area (Å²) in [4.78, 5) is 15.3. The Morgan fingerprint density at radius 2 is 2.19 bits per heavy atom. The molecule has 2 rings (SSSR count). The van der Waals surface area contributed by atoms with Gasteiger partial charge in [-0.25, -0.2) is 9.78 Å². The van der Waals surface area contributed by atoms with Crippen LogP contribution < -0.4 is 0 Å². The maximum atomic E-state index is 11.2. The minimum atomic E-state index is -0.481. The first-order valence-corrected chi connectivity index (χ1v) is 5.42. The summed E-state index contributed by atoms with van der Waals surface area (Å²) in [5.41, 5.74) is 0.212. The van der Waals surface area contributed by atoms with Gasteiger partial charge < -0.3 is 14.3 Å². The third-order valence-corrected chi connectivity index (χ3v) is 2.96. The van der Waals surface area contributed by atoms with Crippen molar-refractivity contribution in [3.63, 3.8) is 0 Å². The minimum absolute atomic E-state index is 0.203. The lowest BCUT2D eigenvalue weighted by Gasteiger charge is -2.22. The molecule has 16 heavy (non-hydrogen) atoms. The van der Waals surface area contributed by atoms with Crippen LogP contribution in [0.2, 0.25) is 0 Å². The fourth-order valence-electron chi connectivity index (χ4n) is 2.00. The Bertz CT molecular complexity index is 366. The van der Waals surface area contributed by atoms with Crippen LogP contribution in [-0.2, 0) is 4.74 Å². The molecule has 5 heteroatoms. The second-order valence-electron chi connectivity index (χ2n) is 4.07. The lowest BCUT2D eigenvalue weighted by Crippen LogP contribution is -2.17. The smallest absolute Gasteiger partial charge is 0.360 e. The highest BCUT2D eigenvalue weighted by Crippen LogP contribution is 2.32. The number of carbonyl (C=O) groups excluding carboxylic acids is 1. The first-order valence-electron chi connectivity index (χ1n) is 5.42. The molecule has 1 saturated carbocycles. The summed E-state index contributed by atoms with van der Waals surface area (Å²) in [5.74, 6) is 0.306. The van der Waals surface area contributed by atoms with Crippen molar-refractivity contribution >= 4 is 5.97 Å². The van der Waals surface area contributed by atoms with Gasteiger partial charge in [-0.2, -0.15) is 0 Å². The number of esters is 1. The zero-order valence-corrected chi connectivity index (χ0v) is 9.18. The van der Waals surface area contributed by atoms with E-state index in [2.05, 4.69) is 9.72 Å². The molecule has 1 aliphatic rings. The standard InChI is InChI=1S/C11H15NO4/c1-15-11(14)9-6-16-10(12-9)7-2-4-8(13)5-3-7/h6-8,13H,2-5H2,1H3. The first-order chi connectivity index (χ1) is 7.70. The Balaban J connectivity index is 2.04. The molecule has 1 aromatic rings. The van der Waals surface area contributed by atoms with Crippen molar-refractivity contribution in [3.8, 4) is 0 Å². The summed E-state index contributed by atoms with van der Waals surface area (Å²) in [7, 11) is 1.31. The SMILES string of the molecule is COC(=O)c1coc(C2CCC(O)CC2)n1. The van der Waals surface area contributed by atoms with E-state index in [9.17, 15) is 9.90 Å². The Kier molecular flexibility index (Phi) is 3.24. The van der Waals surface area contributed by atoms with E-state index < -0.39 is 5.97 Å². The summed E-state index contributed by atoms with van der Waals surface area (Å²) in [6, 6.07) is 0. The number of hydrogen-bond donors (Lipinski definition) is 1. The number of carbonyl (C=O) groups is 1. The minimum Gasteiger partial charge on any atom is -0.464 e. The van der Waals surface area contributed by atoms with E-state index >= 15 is 0 Å². The summed E-state index contributed by atoms with van der Waals surface area (Å²) in [6.45, 7) is 0. The molecule has 1 aromatic heterocycles. The van der Waals surface area contributed by atoms with Crippen LogP contribution in [0, 0.1) is 0 Å². The Morgan fingerprint density at radius 3 is 2.81 bits per heavy atom. The number of nitrogens with zero attached hydrogens (tertiary/aromatic N) is 1. The third kappa shape index (κ3) is 2.24. The fourth-order valence-corrected chi connectivity index (χ4v) is 2.00. The Morgan fingerprint density at radius 1 is 1.50 bits per heavy atom. The average Bonchev–Trinajstić information content (AvgIpc) is 2.78. The molecule has 0 saturated heterocycles. The molecule has 5 nitrogen and oxygen atoms in total. The van der Waals surface area contributed by atoms with Gasteiger partial charge >= 0.3 is 5.97 Å². The van der Waals surface area contributed by atoms with Gasteiger partial charge in [0.1, 0.15) is 6.26 Å². The number of aliphatic hydroxyl groups excluding tert-OH is 1. The van der Waals surface area contributed by atoms with Crippen molar-refractivity contribution in [2.75, 3.05) is 7.11 Å². The normalized spacial score (nSPS) is 25.4. The van der Waals surface area contributed by atoms with Crippen LogP contribution in [0.3, 0.4) is 0 Å². The molecule has 1 fully saturated rings. The van der Waals surface area contributed by atoms with E-state index in [1.807, 2.05) is 0 Å². The number of oxazole rings is 1. The van der Waals surface area contributed by atoms with E-state index in [0.717, 1.165) is 25.7 Å². The van der Waals surface area contributed by atoms with Gasteiger partial charge in [0.25, 0.3) is 0 Å². The van der Waals surface area contributed by atoms with Gasteiger partial charge in [-0.3, -0.25) is 0 Å². The molecule has 1 N–H and O–H groups in total. The molecular weight excluding hydrogens is 210 g/mol. The van der Waals surface area contributed by atoms with Crippen molar-refractivity contribution in [1.82, 2.24) is 4.98 Å². The molecule has 88 valence electrons. The summed E-state index contributed by atoms with van der Waals surface area (Å²) in [6.07, 6.45) is 4.35. The van der Waals surface area contributed by atoms with E-state index in [1.165, 1.54) is 13.4 Å². The maximum Gasteiger partial charge on any atom is 0.360 e. The molecule has 0 atom stereocenters. The highest BCUT2D eigenvalue weighted by Gasteiger charge is 2.25. The zero-order chi connectivity index (χ0) is 11.5. The number of ether oxygens (including phenoxy) is 1. The van der Waals surface area contributed by atoms with E-state index in [1.54, 1.807) is 0 Å². The monoisotopic (exact) mass is 225 g/mol. The molecule has 0 unspecified atom stereocenters. The topological polar surface area (TPSA) is 72.6 Å². The van der Waals surface area contributed by atoms with Gasteiger partial charge in [0.15, 0.2) is 11.6 Å². The van der Waals surface area contributed by atoms with Crippen LogP contribution in [0.25, 0.3) is 0 Å². The van der Waals surface area contributed by atoms with Gasteiger partial charge in [-0.05, 0) is 25.7 Å². The second-order valence-corrected chi connectivity index (χ2v) is 4.07. The summed E-state index contributed by atoms with van der Waals surface area (Å²) < 4.78 is 9.82. The molecule has 0 aromatic carbocycles. The highest BCUT2D eigenvalue weighted by molar-refractivity contribution is 5.86. The number of methoxy groups -OCH3 is 1. The van der Waals surface area contributed by atoms with Crippen LogP contribution in [0.4, 0.5) is 0 Å². The predicted molar refractivity (Wildman–Crippen MR) is 55.1 cm³/mol. The molecule has 0 aliphatic heterocycles. The first kappa shape index (κ1) is 11.1. The molecular formula is C11H15NO4. The Labute approximate surface area is 93.4 Å². The van der Waals surface area contributed by atoms with Gasteiger partial charge in [0, 0.05) is 5.92 Å². The molecule has 0 radical (unpaired) electrons. The molecule has 1 aliphatic carbocycles. The number of hydrogen-bond acceptors (Lipinski definition) is 5. The predicted octanol–water partition coefficient (Wildman–Crippen LogP) is 1.48. The van der Waals surface area contributed by atoms with Crippen LogP contribution in [0.15, 0.2) is 10.7 Å². The van der Waals surface area contributed by atoms with Gasteiger partial charge in [-0.1, -0.05) is 0 Å². The van der Waals surface area contributed by atoms with Crippen molar-refractivity contribution in [2.24, 2.45) is 0 Å². The van der Waals surface area contributed by atoms with Gasteiger partial charge in [0.05, 0.1) is 13.2 Å². The lowest BCUT2D eigenvalue weighted by atomic mass is 9.87. The maximum absolute atomic E-state index is 11.2. The van der Waals surface area contributed by atoms with E-state index in [0.29, 0.717) is 5.89 Å². The molecule has 1 heterocycles. The van der Waals surface area contributed by atoms with Crippen LogP contribution in [-0.4, -0.2) is 29.3 Å². The van der Waals surface area contributed by atoms with E-state index in [4.69, 9.17) is 4.42 Å². The van der Waals surface area contributed by atoms with Crippen molar-refractivity contribution < 1.29 is 19.1 Å². The van der Waals surface area contributed by atoms with Crippen molar-refractivity contribution in [1.29, 1.82) is 0 Å². The average molecular weight is 225 g/mol. The number of aliphatic hydroxyl groups is 1. The highest BCUT2D eigenvalue weighted by atomic mass is 16.5. The Hall–Kier alpha value is -1.36. The van der Waals surface area contributed by atoms with Gasteiger partial charge in [-0.15, -0.1) is 0 Å². The van der Waals surface area contributed by atoms with Crippen LogP contribution >= 0.6 is 0 Å². The van der Waals surface area contributed by atoms with Crippen LogP contribution in [0.5, 0.6) is 0 Å². The van der Waals surface area contributed by atoms with Gasteiger partial charge in [0.2, 0.25) is 0 Å². The summed E-state index contributed by atoms with van der Waals surface area (Å²) in [5, 5.41) is 9.38. The quantitative estimate of drug-likeness (QED) is 0.772. The number of rotatable bonds is 2. The fraction of sp³-hybridized carbons (Fsp3) is 0.636. The largest absolute Gasteiger partial charge is 0.464 e. The molecule has 0 spiro atoms. The second kappa shape index (κ2) is 4.65. The van der Waals surface area contributed by atoms with Crippen molar-refractivity contribution in [3.05, 3.63) is 17.8 Å². The zero-order valence-electron chi connectivity index (χ0n) is 9.18. The molecule has 0 bridgehead atoms. The van der Waals surface area contributed by atoms with Crippen molar-refractivity contribution in [2.45, 2.75) is 37.7 Å². The summed E-state index contributed by atoms with van der Waals surface area (Å²) >= 11 is 0. The van der Waals surface area contributed by atoms with Crippen LogP contribution in [0.1, 0.15) is 48.0 Å². The van der Waals surface area contributed by atoms with E-state index in [-0.39, 0.29) is 17.7 Å². The number of aromatic nitrogens is 1. The molecule has 0 amide bonds.